The molecule has 1 aromatic carbocycles. The summed E-state index contributed by atoms with van der Waals surface area (Å²) in [5.74, 6) is 1.88. The van der Waals surface area contributed by atoms with Gasteiger partial charge in [0.2, 0.25) is 0 Å². The first-order valence-corrected chi connectivity index (χ1v) is 7.05. The summed E-state index contributed by atoms with van der Waals surface area (Å²) in [6.07, 6.45) is 6.18. The molecule has 0 bridgehead atoms. The number of hydrogen-bond acceptors (Lipinski definition) is 1. The Morgan fingerprint density at radius 2 is 2.00 bits per heavy atom. The SMILES string of the molecule is CCOc1ccc(C2=CCC(C)CC2)c(C)c1C. The van der Waals surface area contributed by atoms with Crippen LogP contribution < -0.4 is 4.74 Å². The number of hydrogen-bond donors (Lipinski definition) is 0. The van der Waals surface area contributed by atoms with E-state index in [1.54, 1.807) is 0 Å². The van der Waals surface area contributed by atoms with Gasteiger partial charge in [-0.2, -0.15) is 0 Å². The molecule has 0 N–H and O–H groups in total. The Bertz CT molecular complexity index is 457. The molecule has 0 fully saturated rings. The van der Waals surface area contributed by atoms with Crippen LogP contribution in [0.15, 0.2) is 18.2 Å². The summed E-state index contributed by atoms with van der Waals surface area (Å²) in [4.78, 5) is 0. The Hall–Kier alpha value is -1.24. The van der Waals surface area contributed by atoms with Crippen LogP contribution in [0, 0.1) is 19.8 Å². The molecule has 1 heteroatoms. The van der Waals surface area contributed by atoms with Crippen LogP contribution in [0.1, 0.15) is 49.8 Å². The molecule has 1 aromatic rings. The van der Waals surface area contributed by atoms with Gasteiger partial charge in [0, 0.05) is 0 Å². The lowest BCUT2D eigenvalue weighted by Crippen LogP contribution is -2.03. The minimum Gasteiger partial charge on any atom is -0.494 e. The zero-order chi connectivity index (χ0) is 13.1. The van der Waals surface area contributed by atoms with Crippen LogP contribution in [0.2, 0.25) is 0 Å². The summed E-state index contributed by atoms with van der Waals surface area (Å²) in [6, 6.07) is 4.36. The first kappa shape index (κ1) is 13.2. The summed E-state index contributed by atoms with van der Waals surface area (Å²) >= 11 is 0. The largest absolute Gasteiger partial charge is 0.494 e. The van der Waals surface area contributed by atoms with E-state index in [2.05, 4.69) is 39.0 Å². The van der Waals surface area contributed by atoms with Gasteiger partial charge in [0.25, 0.3) is 0 Å². The van der Waals surface area contributed by atoms with Crippen molar-refractivity contribution < 1.29 is 4.74 Å². The highest BCUT2D eigenvalue weighted by Gasteiger charge is 2.15. The van der Waals surface area contributed by atoms with Gasteiger partial charge in [-0.15, -0.1) is 0 Å². The monoisotopic (exact) mass is 244 g/mol. The molecule has 1 nitrogen and oxygen atoms in total. The fourth-order valence-electron chi connectivity index (χ4n) is 2.67. The van der Waals surface area contributed by atoms with Crippen LogP contribution in [0.4, 0.5) is 0 Å². The minimum atomic E-state index is 0.736. The lowest BCUT2D eigenvalue weighted by atomic mass is 9.85. The van der Waals surface area contributed by atoms with Gasteiger partial charge in [0.05, 0.1) is 6.61 Å². The van der Waals surface area contributed by atoms with Gasteiger partial charge < -0.3 is 4.74 Å². The predicted molar refractivity (Wildman–Crippen MR) is 78.1 cm³/mol. The quantitative estimate of drug-likeness (QED) is 0.734. The molecule has 0 aromatic heterocycles. The van der Waals surface area contributed by atoms with Gasteiger partial charge >= 0.3 is 0 Å². The zero-order valence-corrected chi connectivity index (χ0v) is 12.0. The third-order valence-electron chi connectivity index (χ3n) is 4.06. The summed E-state index contributed by atoms with van der Waals surface area (Å²) in [5, 5.41) is 0. The Morgan fingerprint density at radius 1 is 1.22 bits per heavy atom. The van der Waals surface area contributed by atoms with Crippen molar-refractivity contribution in [2.24, 2.45) is 5.92 Å². The summed E-state index contributed by atoms with van der Waals surface area (Å²) < 4.78 is 5.66. The Kier molecular flexibility index (Phi) is 4.11. The van der Waals surface area contributed by atoms with Crippen LogP contribution in [-0.4, -0.2) is 6.61 Å². The highest BCUT2D eigenvalue weighted by Crippen LogP contribution is 2.34. The van der Waals surface area contributed by atoms with Crippen LogP contribution in [0.5, 0.6) is 5.75 Å². The first-order valence-electron chi connectivity index (χ1n) is 7.05. The molecule has 1 unspecified atom stereocenters. The molecule has 0 heterocycles. The molecule has 0 spiro atoms. The maximum atomic E-state index is 5.66. The average Bonchev–Trinajstić information content (AvgIpc) is 2.37. The topological polar surface area (TPSA) is 9.23 Å². The third-order valence-corrected chi connectivity index (χ3v) is 4.06. The second-order valence-corrected chi connectivity index (χ2v) is 5.40. The Balaban J connectivity index is 2.32. The summed E-state index contributed by atoms with van der Waals surface area (Å²) in [5.41, 5.74) is 5.61. The van der Waals surface area contributed by atoms with Crippen molar-refractivity contribution in [2.45, 2.75) is 47.0 Å². The standard InChI is InChI=1S/C17H24O/c1-5-18-17-11-10-16(13(3)14(17)4)15-8-6-12(2)7-9-15/h8,10-12H,5-7,9H2,1-4H3. The zero-order valence-electron chi connectivity index (χ0n) is 12.0. The van der Waals surface area contributed by atoms with Crippen molar-refractivity contribution in [3.8, 4) is 5.75 Å². The van der Waals surface area contributed by atoms with Crippen LogP contribution in [-0.2, 0) is 0 Å². The van der Waals surface area contributed by atoms with E-state index in [9.17, 15) is 0 Å². The molecule has 1 aliphatic rings. The molecule has 0 aliphatic heterocycles. The minimum absolute atomic E-state index is 0.736. The van der Waals surface area contributed by atoms with E-state index in [1.165, 1.54) is 41.5 Å². The van der Waals surface area contributed by atoms with Crippen molar-refractivity contribution in [3.05, 3.63) is 34.9 Å². The van der Waals surface area contributed by atoms with E-state index >= 15 is 0 Å². The van der Waals surface area contributed by atoms with Crippen molar-refractivity contribution in [1.82, 2.24) is 0 Å². The normalized spacial score (nSPS) is 19.6. The number of allylic oxidation sites excluding steroid dienone is 2. The maximum absolute atomic E-state index is 5.66. The summed E-state index contributed by atoms with van der Waals surface area (Å²) in [6.45, 7) is 9.49. The van der Waals surface area contributed by atoms with Crippen LogP contribution >= 0.6 is 0 Å². The number of benzene rings is 1. The molecule has 18 heavy (non-hydrogen) atoms. The van der Waals surface area contributed by atoms with Gasteiger partial charge in [-0.25, -0.2) is 0 Å². The van der Waals surface area contributed by atoms with E-state index < -0.39 is 0 Å². The van der Waals surface area contributed by atoms with Crippen molar-refractivity contribution in [2.75, 3.05) is 6.61 Å². The Morgan fingerprint density at radius 3 is 2.61 bits per heavy atom. The molecule has 98 valence electrons. The van der Waals surface area contributed by atoms with E-state index in [1.807, 2.05) is 6.92 Å². The molecule has 0 saturated carbocycles. The first-order chi connectivity index (χ1) is 8.63. The number of rotatable bonds is 3. The fraction of sp³-hybridized carbons (Fsp3) is 0.529. The lowest BCUT2D eigenvalue weighted by Gasteiger charge is -2.21. The van der Waals surface area contributed by atoms with Gasteiger partial charge in [-0.3, -0.25) is 0 Å². The van der Waals surface area contributed by atoms with E-state index in [-0.39, 0.29) is 0 Å². The second kappa shape index (κ2) is 5.60. The molecular weight excluding hydrogens is 220 g/mol. The maximum Gasteiger partial charge on any atom is 0.122 e. The molecular formula is C17H24O. The van der Waals surface area contributed by atoms with Gasteiger partial charge in [-0.05, 0) is 74.3 Å². The smallest absolute Gasteiger partial charge is 0.122 e. The van der Waals surface area contributed by atoms with Crippen molar-refractivity contribution in [1.29, 1.82) is 0 Å². The Labute approximate surface area is 111 Å². The van der Waals surface area contributed by atoms with Crippen LogP contribution in [0.25, 0.3) is 5.57 Å². The fourth-order valence-corrected chi connectivity index (χ4v) is 2.67. The van der Waals surface area contributed by atoms with Gasteiger partial charge in [0.15, 0.2) is 0 Å². The lowest BCUT2D eigenvalue weighted by molar-refractivity contribution is 0.337. The predicted octanol–water partition coefficient (Wildman–Crippen LogP) is 4.91. The van der Waals surface area contributed by atoms with Gasteiger partial charge in [-0.1, -0.05) is 19.1 Å². The van der Waals surface area contributed by atoms with E-state index in [4.69, 9.17) is 4.74 Å². The van der Waals surface area contributed by atoms with Crippen molar-refractivity contribution >= 4 is 5.57 Å². The molecule has 0 saturated heterocycles. The molecule has 1 atom stereocenters. The molecule has 2 rings (SSSR count). The highest BCUT2D eigenvalue weighted by atomic mass is 16.5. The van der Waals surface area contributed by atoms with Gasteiger partial charge in [0.1, 0.15) is 5.75 Å². The van der Waals surface area contributed by atoms with Crippen LogP contribution in [0.3, 0.4) is 0 Å². The highest BCUT2D eigenvalue weighted by molar-refractivity contribution is 5.70. The van der Waals surface area contributed by atoms with E-state index in [0.717, 1.165) is 18.3 Å². The number of ether oxygens (including phenoxy) is 1. The second-order valence-electron chi connectivity index (χ2n) is 5.40. The molecule has 1 aliphatic carbocycles. The molecule has 0 radical (unpaired) electrons. The summed E-state index contributed by atoms with van der Waals surface area (Å²) in [7, 11) is 0. The van der Waals surface area contributed by atoms with E-state index in [0.29, 0.717) is 0 Å². The third kappa shape index (κ3) is 2.60. The molecule has 0 amide bonds. The van der Waals surface area contributed by atoms with Crippen molar-refractivity contribution in [3.63, 3.8) is 0 Å². The average molecular weight is 244 g/mol.